The molecule has 742 valence electrons. The van der Waals surface area contributed by atoms with Gasteiger partial charge in [-0.3, -0.25) is 33.6 Å². The topological polar surface area (TPSA) is 421 Å². The molecule has 0 spiro atoms. The first-order chi connectivity index (χ1) is 68.8. The van der Waals surface area contributed by atoms with E-state index in [-0.39, 0.29) is 116 Å². The average molecular weight is 1940 g/mol. The maximum atomic E-state index is 14.6. The van der Waals surface area contributed by atoms with E-state index in [1.54, 1.807) is 59.9 Å². The van der Waals surface area contributed by atoms with Gasteiger partial charge in [-0.1, -0.05) is 57.8 Å². The van der Waals surface area contributed by atoms with E-state index in [1.165, 1.54) is 58.6 Å². The standard InChI is InChI=1S/C28H37N5O4.C27H35N5O4.C24H29ClFN5O2.C23H28FN5O4/c1-6-22(34)32-11-8-16(9-12-32)19-7-10-30-27-24(26(29)35)25(31-33(19)27)17-13-20(36-4)23(21(14-17)37-5)18-15-28(18,2)3;1-4-5-22(33)31-12-9-16(10-13-31)19-8-11-29-27-24(26(28)34)25(30-32(19)27)18-14-20(35-2)23(17-6-7-17)21(15-18)36-3;1-4-14(3)30-10-7-15(8-11-30)18-6-9-28-24-20(23(27)32)22(29-31(18)24)16-12-17(26)21(25)19(13-16)33-5-2;1-4-18(30)28-9-6-13(7-10-28)15-5-8-26-23-19(22(25)31)21(27-29(15)23)14-11-16(32-2)20(24)17(12-14)33-3/h6,13-14,16,18-19,30H,1,7-12,15H2,2-5H3,(H2,29,35);4-5,14-17,19,29H,6-13H2,1-3H3,(H2,28,34);4,12-13,15,18,28H,1,3,5-11H2,2H3,(H2,27,32);4,11-13,15,26H,1,5-10H2,2-3H3,(H2,25,31)/b;5-4-;;/i;2D3,4D,5D;;. The lowest BCUT2D eigenvalue weighted by Crippen LogP contribution is -2.41. The lowest BCUT2D eigenvalue weighted by Gasteiger charge is -2.39. The van der Waals surface area contributed by atoms with Crippen LogP contribution in [0, 0.1) is 40.7 Å². The van der Waals surface area contributed by atoms with Gasteiger partial charge in [-0.25, -0.2) is 23.1 Å². The number of halogens is 3. The zero-order valence-corrected chi connectivity index (χ0v) is 81.0. The molecule has 2 saturated carbocycles. The summed E-state index contributed by atoms with van der Waals surface area (Å²) in [6.45, 7) is 31.2. The number of carbonyl (C=O) groups excluding carboxylic acids is 7. The number of nitrogens with one attached hydrogen (secondary N) is 4. The van der Waals surface area contributed by atoms with Crippen molar-refractivity contribution in [2.24, 2.45) is 52.0 Å². The SMILES string of the molecule is C=CC(=C)N1CCC(C2CCNc3c(C(N)=O)c(-c4cc(F)c(Cl)c(OCC)c4)nn32)CC1.C=CC(=O)N1CCC(C2CCNc3c(C(N)=O)c(-c4cc(OC)c(C5CC5(C)C)c(OC)c4)nn32)CC1.C=CC(=O)N1CCC(C2CCNc3c(C(N)=O)c(-c4cc(OC)c(F)c(OC)c4)nn32)CC1.[2H]/C(C)=C(\[2H])C(=O)N1CCC(C2CCNc3c(C(N)=O)c(-c4cc(OC)c(C5CC5)c(OC([2H])([2H])[2H])c4)nn32)CC1. The number of anilines is 4. The summed E-state index contributed by atoms with van der Waals surface area (Å²) in [7, 11) is 4.87. The summed E-state index contributed by atoms with van der Waals surface area (Å²) in [5.74, 6) is 1.99. The molecule has 2 aliphatic carbocycles. The zero-order valence-electron chi connectivity index (χ0n) is 85.3. The number of piperidine rings is 4. The largest absolute Gasteiger partial charge is 0.496 e. The Morgan fingerprint density at radius 3 is 1.05 bits per heavy atom. The third-order valence-electron chi connectivity index (χ3n) is 28.9. The van der Waals surface area contributed by atoms with Gasteiger partial charge in [0, 0.05) is 118 Å². The van der Waals surface area contributed by atoms with Crippen LogP contribution in [0.2, 0.25) is 5.02 Å². The number of benzene rings is 4. The van der Waals surface area contributed by atoms with Crippen LogP contribution in [-0.4, -0.2) is 228 Å². The molecule has 12 heterocycles. The highest BCUT2D eigenvalue weighted by Crippen LogP contribution is 2.63. The van der Waals surface area contributed by atoms with Crippen LogP contribution in [0.25, 0.3) is 45.0 Å². The fourth-order valence-corrected chi connectivity index (χ4v) is 21.6. The number of nitrogens with two attached hydrogens (primary N) is 4. The molecule has 6 fully saturated rings. The molecule has 4 saturated heterocycles. The quantitative estimate of drug-likeness (QED) is 0.0175. The van der Waals surface area contributed by atoms with Crippen molar-refractivity contribution in [3.63, 3.8) is 0 Å². The van der Waals surface area contributed by atoms with Crippen LogP contribution in [-0.2, 0) is 14.4 Å². The molecule has 0 radical (unpaired) electrons. The molecule has 8 aliphatic heterocycles. The van der Waals surface area contributed by atoms with E-state index in [1.807, 2.05) is 31.1 Å². The molecule has 0 bridgehead atoms. The van der Waals surface area contributed by atoms with Gasteiger partial charge < -0.3 is 97.0 Å². The fraction of sp³-hybridized carbons (Fsp3) is 0.480. The number of fused-ring (bicyclic) bond motifs is 4. The van der Waals surface area contributed by atoms with Crippen LogP contribution in [0.5, 0.6) is 40.2 Å². The van der Waals surface area contributed by atoms with Gasteiger partial charge in [-0.15, -0.1) is 0 Å². The number of nitrogens with zero attached hydrogens (tertiary/aromatic N) is 12. The minimum atomic E-state index is -2.67. The van der Waals surface area contributed by atoms with Crippen molar-refractivity contribution in [1.82, 2.24) is 58.7 Å². The fourth-order valence-electron chi connectivity index (χ4n) is 21.5. The van der Waals surface area contributed by atoms with E-state index < -0.39 is 48.2 Å². The third kappa shape index (κ3) is 20.4. The molecule has 10 aliphatic rings. The maximum Gasteiger partial charge on any atom is 0.254 e. The first-order valence-electron chi connectivity index (χ1n) is 50.0. The molecule has 34 nitrogen and oxygen atoms in total. The molecule has 139 heavy (non-hydrogen) atoms. The summed E-state index contributed by atoms with van der Waals surface area (Å²) in [5.41, 5.74) is 30.9. The Balaban J connectivity index is 0.000000145. The van der Waals surface area contributed by atoms with Gasteiger partial charge in [0.15, 0.2) is 11.5 Å². The highest BCUT2D eigenvalue weighted by atomic mass is 35.5. The second kappa shape index (κ2) is 42.8. The van der Waals surface area contributed by atoms with E-state index in [0.717, 1.165) is 131 Å². The smallest absolute Gasteiger partial charge is 0.254 e. The predicted octanol–water partition coefficient (Wildman–Crippen LogP) is 14.9. The van der Waals surface area contributed by atoms with Crippen LogP contribution >= 0.6 is 11.6 Å². The summed E-state index contributed by atoms with van der Waals surface area (Å²) >= 11 is 6.06. The van der Waals surface area contributed by atoms with Crippen molar-refractivity contribution in [3.8, 4) is 85.3 Å². The molecule has 37 heteroatoms. The zero-order chi connectivity index (χ0) is 104. The lowest BCUT2D eigenvalue weighted by molar-refractivity contribution is -0.128. The van der Waals surface area contributed by atoms with Crippen molar-refractivity contribution >= 4 is 76.2 Å². The van der Waals surface area contributed by atoms with Crippen molar-refractivity contribution in [2.45, 2.75) is 160 Å². The number of primary amides is 4. The summed E-state index contributed by atoms with van der Waals surface area (Å²) in [5, 5.41) is 32.5. The number of carbonyl (C=O) groups is 7. The van der Waals surface area contributed by atoms with E-state index in [0.29, 0.717) is 176 Å². The summed E-state index contributed by atoms with van der Waals surface area (Å²) < 4.78 is 114. The Morgan fingerprint density at radius 2 is 0.763 bits per heavy atom. The minimum Gasteiger partial charge on any atom is -0.496 e. The first kappa shape index (κ1) is 93.1. The number of allylic oxidation sites excluding steroid dienone is 2. The number of aromatic nitrogens is 8. The van der Waals surface area contributed by atoms with Crippen molar-refractivity contribution in [1.29, 1.82) is 0 Å². The second-order valence-electron chi connectivity index (χ2n) is 37.3. The molecule has 4 aromatic heterocycles. The number of ether oxygens (including phenoxy) is 7. The van der Waals surface area contributed by atoms with Crippen LogP contribution in [0.15, 0.2) is 111 Å². The number of methoxy groups -OCH3 is 6. The van der Waals surface area contributed by atoms with Gasteiger partial charge >= 0.3 is 0 Å². The van der Waals surface area contributed by atoms with Crippen LogP contribution in [0.4, 0.5) is 32.1 Å². The maximum absolute atomic E-state index is 14.6. The number of hydrogen-bond donors (Lipinski definition) is 8. The van der Waals surface area contributed by atoms with Crippen molar-refractivity contribution in [3.05, 3.63) is 161 Å². The van der Waals surface area contributed by atoms with Gasteiger partial charge in [-0.2, -0.15) is 24.8 Å². The van der Waals surface area contributed by atoms with E-state index in [2.05, 4.69) is 66.3 Å². The number of hydrogen-bond acceptors (Lipinski definition) is 23. The molecule has 18 rings (SSSR count). The van der Waals surface area contributed by atoms with Crippen molar-refractivity contribution in [2.75, 3.05) is 149 Å². The normalized spacial score (nSPS) is 20.7. The predicted molar refractivity (Wildman–Crippen MR) is 529 cm³/mol. The summed E-state index contributed by atoms with van der Waals surface area (Å²) in [4.78, 5) is 94.5. The molecule has 8 aromatic rings. The van der Waals surface area contributed by atoms with E-state index in [4.69, 9.17) is 94.9 Å². The Hall–Kier alpha value is -13.5. The lowest BCUT2D eigenvalue weighted by atomic mass is 9.86. The molecule has 7 amide bonds. The molecule has 12 N–H and O–H groups in total. The monoisotopic (exact) mass is 1940 g/mol. The number of likely N-dealkylation sites (tertiary alicyclic amines) is 4. The highest BCUT2D eigenvalue weighted by molar-refractivity contribution is 6.32. The molecular formula is C102H129ClF2N20O14. The molecular weight excluding hydrogens is 1800 g/mol. The average Bonchev–Trinajstić information content (AvgIpc) is 1.57. The van der Waals surface area contributed by atoms with E-state index >= 15 is 0 Å². The van der Waals surface area contributed by atoms with Gasteiger partial charge in [0.05, 0.1) is 80.2 Å². The Morgan fingerprint density at radius 1 is 0.460 bits per heavy atom. The third-order valence-corrected chi connectivity index (χ3v) is 29.3. The van der Waals surface area contributed by atoms with Crippen LogP contribution in [0.1, 0.15) is 219 Å². The van der Waals surface area contributed by atoms with Gasteiger partial charge in [0.1, 0.15) is 108 Å². The highest BCUT2D eigenvalue weighted by Gasteiger charge is 2.50. The van der Waals surface area contributed by atoms with Gasteiger partial charge in [-0.05, 0) is 224 Å². The minimum absolute atomic E-state index is 0.0190. The Kier molecular flexibility index (Phi) is 28.7. The number of rotatable bonds is 27. The Labute approximate surface area is 820 Å². The molecule has 5 atom stereocenters. The number of amides is 7. The Bertz CT molecular complexity index is 6260. The molecule has 4 aromatic carbocycles. The summed E-state index contributed by atoms with van der Waals surface area (Å²) in [6.07, 6.45) is 17.4. The van der Waals surface area contributed by atoms with Gasteiger partial charge in [0.2, 0.25) is 23.5 Å². The van der Waals surface area contributed by atoms with Crippen LogP contribution < -0.4 is 77.4 Å². The van der Waals surface area contributed by atoms with Crippen LogP contribution in [0.3, 0.4) is 0 Å². The van der Waals surface area contributed by atoms with Gasteiger partial charge in [0.25, 0.3) is 23.6 Å². The summed E-state index contributed by atoms with van der Waals surface area (Å²) in [6, 6.07) is 12.9. The molecule has 5 unspecified atom stereocenters. The van der Waals surface area contributed by atoms with Crippen molar-refractivity contribution < 1.29 is 82.4 Å². The second-order valence-corrected chi connectivity index (χ2v) is 37.7. The first-order valence-corrected chi connectivity index (χ1v) is 47.9. The van der Waals surface area contributed by atoms with E-state index in [9.17, 15) is 42.3 Å².